The molecule has 2 aliphatic carbocycles. The first-order chi connectivity index (χ1) is 8.66. The van der Waals surface area contributed by atoms with Crippen molar-refractivity contribution in [3.8, 4) is 0 Å². The molecule has 1 saturated heterocycles. The van der Waals surface area contributed by atoms with Gasteiger partial charge >= 0.3 is 5.97 Å². The predicted octanol–water partition coefficient (Wildman–Crippen LogP) is 2.89. The standard InChI is InChI=1S/C15H25NO2/c1-10-8-12(9-10)16-13-5-3-2-4-11(13)6-7-14(16)15(17)18/h10-14H,2-9H2,1H3,(H,17,18). The molecule has 1 N–H and O–H groups in total. The fraction of sp³-hybridized carbons (Fsp3) is 0.933. The van der Waals surface area contributed by atoms with Crippen LogP contribution in [0.5, 0.6) is 0 Å². The zero-order valence-corrected chi connectivity index (χ0v) is 11.3. The van der Waals surface area contributed by atoms with Crippen LogP contribution >= 0.6 is 0 Å². The first-order valence-corrected chi connectivity index (χ1v) is 7.67. The van der Waals surface area contributed by atoms with Crippen LogP contribution in [0.15, 0.2) is 0 Å². The lowest BCUT2D eigenvalue weighted by atomic mass is 9.72. The third-order valence-corrected chi connectivity index (χ3v) is 5.48. The Balaban J connectivity index is 1.78. The van der Waals surface area contributed by atoms with Crippen LogP contribution in [0, 0.1) is 11.8 Å². The fourth-order valence-corrected chi connectivity index (χ4v) is 4.55. The van der Waals surface area contributed by atoms with Crippen molar-refractivity contribution < 1.29 is 9.90 Å². The average molecular weight is 251 g/mol. The van der Waals surface area contributed by atoms with Gasteiger partial charge in [-0.05, 0) is 50.4 Å². The molecule has 3 nitrogen and oxygen atoms in total. The summed E-state index contributed by atoms with van der Waals surface area (Å²) >= 11 is 0. The maximum Gasteiger partial charge on any atom is 0.320 e. The molecule has 1 aliphatic heterocycles. The minimum absolute atomic E-state index is 0.193. The molecule has 0 bridgehead atoms. The van der Waals surface area contributed by atoms with E-state index in [1.807, 2.05) is 0 Å². The van der Waals surface area contributed by atoms with Crippen LogP contribution in [0.2, 0.25) is 0 Å². The number of rotatable bonds is 2. The van der Waals surface area contributed by atoms with Crippen molar-refractivity contribution in [2.75, 3.05) is 0 Å². The predicted molar refractivity (Wildman–Crippen MR) is 70.4 cm³/mol. The fourth-order valence-electron chi connectivity index (χ4n) is 4.55. The van der Waals surface area contributed by atoms with Gasteiger partial charge in [-0.3, -0.25) is 9.69 Å². The van der Waals surface area contributed by atoms with Crippen molar-refractivity contribution in [2.45, 2.75) is 76.4 Å². The van der Waals surface area contributed by atoms with Crippen LogP contribution in [-0.4, -0.2) is 34.1 Å². The van der Waals surface area contributed by atoms with Crippen molar-refractivity contribution in [2.24, 2.45) is 11.8 Å². The van der Waals surface area contributed by atoms with Gasteiger partial charge in [-0.25, -0.2) is 0 Å². The van der Waals surface area contributed by atoms with Gasteiger partial charge in [0.1, 0.15) is 6.04 Å². The van der Waals surface area contributed by atoms with Gasteiger partial charge in [0.05, 0.1) is 0 Å². The lowest BCUT2D eigenvalue weighted by Gasteiger charge is -2.54. The van der Waals surface area contributed by atoms with E-state index in [9.17, 15) is 9.90 Å². The molecule has 3 atom stereocenters. The van der Waals surface area contributed by atoms with Gasteiger partial charge in [0, 0.05) is 12.1 Å². The lowest BCUT2D eigenvalue weighted by Crippen LogP contribution is -2.61. The Kier molecular flexibility index (Phi) is 3.35. The molecule has 3 aliphatic rings. The Morgan fingerprint density at radius 2 is 1.83 bits per heavy atom. The van der Waals surface area contributed by atoms with Crippen molar-refractivity contribution in [1.82, 2.24) is 4.90 Å². The van der Waals surface area contributed by atoms with Crippen molar-refractivity contribution in [1.29, 1.82) is 0 Å². The van der Waals surface area contributed by atoms with Crippen LogP contribution in [0.25, 0.3) is 0 Å². The number of carboxylic acid groups (broad SMARTS) is 1. The minimum Gasteiger partial charge on any atom is -0.480 e. The quantitative estimate of drug-likeness (QED) is 0.820. The maximum atomic E-state index is 11.5. The molecule has 3 rings (SSSR count). The molecule has 0 spiro atoms. The molecule has 1 heterocycles. The highest BCUT2D eigenvalue weighted by molar-refractivity contribution is 5.73. The number of hydrogen-bond acceptors (Lipinski definition) is 2. The number of fused-ring (bicyclic) bond motifs is 1. The second-order valence-corrected chi connectivity index (χ2v) is 6.72. The third-order valence-electron chi connectivity index (χ3n) is 5.48. The summed E-state index contributed by atoms with van der Waals surface area (Å²) in [4.78, 5) is 13.9. The molecule has 0 aromatic heterocycles. The molecule has 3 unspecified atom stereocenters. The molecule has 3 fully saturated rings. The topological polar surface area (TPSA) is 40.5 Å². The molecule has 0 radical (unpaired) electrons. The van der Waals surface area contributed by atoms with Crippen LogP contribution < -0.4 is 0 Å². The Hall–Kier alpha value is -0.570. The zero-order chi connectivity index (χ0) is 12.7. The Morgan fingerprint density at radius 1 is 1.11 bits per heavy atom. The summed E-state index contributed by atoms with van der Waals surface area (Å²) in [5, 5.41) is 9.49. The summed E-state index contributed by atoms with van der Waals surface area (Å²) in [6.07, 6.45) is 9.66. The SMILES string of the molecule is CC1CC(N2C(C(=O)O)CCC3CCCCC32)C1. The van der Waals surface area contributed by atoms with Gasteiger partial charge in [-0.2, -0.15) is 0 Å². The summed E-state index contributed by atoms with van der Waals surface area (Å²) in [5.74, 6) is 0.997. The number of aliphatic carboxylic acids is 1. The van der Waals surface area contributed by atoms with Gasteiger partial charge in [0.2, 0.25) is 0 Å². The van der Waals surface area contributed by atoms with E-state index in [1.165, 1.54) is 38.5 Å². The van der Waals surface area contributed by atoms with E-state index in [0.717, 1.165) is 24.7 Å². The summed E-state index contributed by atoms with van der Waals surface area (Å²) < 4.78 is 0. The highest BCUT2D eigenvalue weighted by Crippen LogP contribution is 2.43. The highest BCUT2D eigenvalue weighted by atomic mass is 16.4. The second-order valence-electron chi connectivity index (χ2n) is 6.72. The van der Waals surface area contributed by atoms with Gasteiger partial charge in [0.25, 0.3) is 0 Å². The largest absolute Gasteiger partial charge is 0.480 e. The van der Waals surface area contributed by atoms with Crippen molar-refractivity contribution in [3.63, 3.8) is 0 Å². The van der Waals surface area contributed by atoms with Crippen LogP contribution in [0.4, 0.5) is 0 Å². The summed E-state index contributed by atoms with van der Waals surface area (Å²) in [6.45, 7) is 2.29. The van der Waals surface area contributed by atoms with Gasteiger partial charge < -0.3 is 5.11 Å². The second kappa shape index (κ2) is 4.84. The van der Waals surface area contributed by atoms with E-state index < -0.39 is 5.97 Å². The smallest absolute Gasteiger partial charge is 0.320 e. The Morgan fingerprint density at radius 3 is 2.50 bits per heavy atom. The van der Waals surface area contributed by atoms with E-state index >= 15 is 0 Å². The first-order valence-electron chi connectivity index (χ1n) is 7.67. The van der Waals surface area contributed by atoms with Crippen LogP contribution in [0.3, 0.4) is 0 Å². The lowest BCUT2D eigenvalue weighted by molar-refractivity contribution is -0.153. The Bertz CT molecular complexity index is 324. The molecular weight excluding hydrogens is 226 g/mol. The number of carbonyl (C=O) groups is 1. The monoisotopic (exact) mass is 251 g/mol. The number of likely N-dealkylation sites (tertiary alicyclic amines) is 1. The number of piperidine rings is 1. The van der Waals surface area contributed by atoms with E-state index in [2.05, 4.69) is 11.8 Å². The highest BCUT2D eigenvalue weighted by Gasteiger charge is 2.46. The third kappa shape index (κ3) is 2.07. The Labute approximate surface area is 110 Å². The average Bonchev–Trinajstić information content (AvgIpc) is 2.33. The maximum absolute atomic E-state index is 11.5. The molecule has 18 heavy (non-hydrogen) atoms. The zero-order valence-electron chi connectivity index (χ0n) is 11.3. The van der Waals surface area contributed by atoms with Crippen molar-refractivity contribution >= 4 is 5.97 Å². The molecular formula is C15H25NO2. The van der Waals surface area contributed by atoms with E-state index in [4.69, 9.17) is 0 Å². The number of carboxylic acids is 1. The molecule has 0 aromatic carbocycles. The minimum atomic E-state index is -0.585. The van der Waals surface area contributed by atoms with Gasteiger partial charge in [-0.15, -0.1) is 0 Å². The normalized spacial score (nSPS) is 45.1. The van der Waals surface area contributed by atoms with E-state index in [-0.39, 0.29) is 6.04 Å². The van der Waals surface area contributed by atoms with E-state index in [1.54, 1.807) is 0 Å². The number of hydrogen-bond donors (Lipinski definition) is 1. The van der Waals surface area contributed by atoms with Crippen LogP contribution in [0.1, 0.15) is 58.3 Å². The van der Waals surface area contributed by atoms with Crippen LogP contribution in [-0.2, 0) is 4.79 Å². The van der Waals surface area contributed by atoms with E-state index in [0.29, 0.717) is 12.1 Å². The summed E-state index contributed by atoms with van der Waals surface area (Å²) in [7, 11) is 0. The van der Waals surface area contributed by atoms with Gasteiger partial charge in [0.15, 0.2) is 0 Å². The number of nitrogens with zero attached hydrogens (tertiary/aromatic N) is 1. The first kappa shape index (κ1) is 12.5. The molecule has 0 amide bonds. The molecule has 102 valence electrons. The molecule has 0 aromatic rings. The van der Waals surface area contributed by atoms with Crippen molar-refractivity contribution in [3.05, 3.63) is 0 Å². The summed E-state index contributed by atoms with van der Waals surface area (Å²) in [6, 6.07) is 0.944. The molecule has 3 heteroatoms. The summed E-state index contributed by atoms with van der Waals surface area (Å²) in [5.41, 5.74) is 0. The molecule has 2 saturated carbocycles. The van der Waals surface area contributed by atoms with Gasteiger partial charge in [-0.1, -0.05) is 19.8 Å².